The van der Waals surface area contributed by atoms with Crippen LogP contribution in [0.2, 0.25) is 0 Å². The minimum absolute atomic E-state index is 0.0160. The van der Waals surface area contributed by atoms with Gasteiger partial charge in [0.1, 0.15) is 23.1 Å². The molecule has 22 heteroatoms. The summed E-state index contributed by atoms with van der Waals surface area (Å²) in [6.45, 7) is 16.7. The summed E-state index contributed by atoms with van der Waals surface area (Å²) in [5.41, 5.74) is 0.580. The van der Waals surface area contributed by atoms with Crippen molar-refractivity contribution in [2.24, 2.45) is 22.7 Å². The molecule has 8 aliphatic rings. The number of nitrogens with zero attached hydrogens (tertiary/aromatic N) is 8. The summed E-state index contributed by atoms with van der Waals surface area (Å²) in [7, 11) is -8.23. The van der Waals surface area contributed by atoms with Gasteiger partial charge in [-0.3, -0.25) is 9.59 Å². The molecule has 2 unspecified atom stereocenters. The summed E-state index contributed by atoms with van der Waals surface area (Å²) in [4.78, 5) is 41.1. The number of hydrogen-bond donors (Lipinski definition) is 2. The fourth-order valence-electron chi connectivity index (χ4n) is 11.6. The van der Waals surface area contributed by atoms with Crippen LogP contribution in [0.3, 0.4) is 0 Å². The predicted molar refractivity (Wildman–Crippen MR) is 308 cm³/mol. The molecule has 0 spiro atoms. The number of nitrogens with one attached hydrogen (secondary N) is 2. The molecule has 2 saturated carbocycles. The van der Waals surface area contributed by atoms with Crippen LogP contribution in [0, 0.1) is 22.7 Å². The molecule has 8 bridgehead atoms. The number of pyridine rings is 2. The van der Waals surface area contributed by atoms with E-state index in [1.165, 1.54) is 49.9 Å². The maximum atomic E-state index is 13.5. The molecule has 2 aromatic carbocycles. The molecule has 436 valence electrons. The van der Waals surface area contributed by atoms with Crippen LogP contribution in [0.1, 0.15) is 139 Å². The Labute approximate surface area is 480 Å². The lowest BCUT2D eigenvalue weighted by molar-refractivity contribution is 0.0972. The van der Waals surface area contributed by atoms with Gasteiger partial charge in [0.25, 0.3) is 31.9 Å². The van der Waals surface area contributed by atoms with Crippen molar-refractivity contribution >= 4 is 43.5 Å². The predicted octanol–water partition coefficient (Wildman–Crippen LogP) is 9.47. The topological polar surface area (TPSA) is 231 Å². The highest BCUT2D eigenvalue weighted by Crippen LogP contribution is 2.49. The molecule has 2 atom stereocenters. The van der Waals surface area contributed by atoms with Gasteiger partial charge in [0.15, 0.2) is 11.6 Å². The summed E-state index contributed by atoms with van der Waals surface area (Å²) < 4.78 is 83.7. The Morgan fingerprint density at radius 3 is 1.32 bits per heavy atom. The van der Waals surface area contributed by atoms with E-state index in [2.05, 4.69) is 71.0 Å². The summed E-state index contributed by atoms with van der Waals surface area (Å²) >= 11 is 0. The first-order valence-corrected chi connectivity index (χ1v) is 31.5. The molecule has 14 rings (SSSR count). The third kappa shape index (κ3) is 12.9. The Morgan fingerprint density at radius 1 is 0.549 bits per heavy atom. The van der Waals surface area contributed by atoms with Crippen molar-refractivity contribution in [2.45, 2.75) is 139 Å². The molecule has 6 aliphatic heterocycles. The number of carbonyl (C=O) groups excluding carboxylic acids is 2. The standard InChI is InChI=1S/2C30H37N5O5S/c2*1-29(2)19-21-5-4-17-39-22-6-8-23(9-7-22)41(37,38)33-28(36)24-10-11-25(31-27(24)34(29)20-21)35-16-12-26(32-35)40-18-15-30(3)13-14-30/h2*6-12,16,21H,4-5,13-15,17-20H2,1-3H3,(H,33,36). The minimum Gasteiger partial charge on any atom is -0.494 e. The van der Waals surface area contributed by atoms with E-state index in [4.69, 9.17) is 28.9 Å². The van der Waals surface area contributed by atoms with E-state index in [0.29, 0.717) is 109 Å². The fourth-order valence-corrected chi connectivity index (χ4v) is 13.5. The van der Waals surface area contributed by atoms with Gasteiger partial charge in [-0.05, 0) is 200 Å². The number of anilines is 2. The van der Waals surface area contributed by atoms with Crippen LogP contribution < -0.4 is 38.2 Å². The van der Waals surface area contributed by atoms with Crippen molar-refractivity contribution in [1.29, 1.82) is 0 Å². The second-order valence-electron chi connectivity index (χ2n) is 24.9. The van der Waals surface area contributed by atoms with Gasteiger partial charge in [-0.2, -0.15) is 0 Å². The molecule has 4 fully saturated rings. The van der Waals surface area contributed by atoms with Crippen molar-refractivity contribution in [2.75, 3.05) is 49.3 Å². The Hall–Kier alpha value is -7.20. The number of benzene rings is 2. The molecular weight excluding hydrogens is 1080 g/mol. The number of aromatic nitrogens is 6. The first kappa shape index (κ1) is 56.7. The lowest BCUT2D eigenvalue weighted by Gasteiger charge is -2.34. The van der Waals surface area contributed by atoms with E-state index in [0.717, 1.165) is 51.4 Å². The van der Waals surface area contributed by atoms with E-state index in [1.54, 1.807) is 82.4 Å². The van der Waals surface area contributed by atoms with E-state index >= 15 is 0 Å². The highest BCUT2D eigenvalue weighted by Gasteiger charge is 2.43. The van der Waals surface area contributed by atoms with Crippen molar-refractivity contribution in [1.82, 2.24) is 39.0 Å². The lowest BCUT2D eigenvalue weighted by atomic mass is 9.93. The van der Waals surface area contributed by atoms with E-state index < -0.39 is 31.9 Å². The molecular formula is C60H74N10O10S2. The zero-order chi connectivity index (χ0) is 57.7. The van der Waals surface area contributed by atoms with Gasteiger partial charge in [0.2, 0.25) is 11.8 Å². The number of amides is 2. The summed E-state index contributed by atoms with van der Waals surface area (Å²) in [5.74, 6) is 3.39. The van der Waals surface area contributed by atoms with Crippen LogP contribution in [0.15, 0.2) is 107 Å². The highest BCUT2D eigenvalue weighted by molar-refractivity contribution is 7.90. The van der Waals surface area contributed by atoms with Gasteiger partial charge in [0.05, 0.1) is 47.3 Å². The second kappa shape index (κ2) is 22.2. The monoisotopic (exact) mass is 1160 g/mol. The van der Waals surface area contributed by atoms with E-state index in [9.17, 15) is 26.4 Å². The molecule has 10 heterocycles. The van der Waals surface area contributed by atoms with Gasteiger partial charge in [-0.1, -0.05) is 13.8 Å². The van der Waals surface area contributed by atoms with Crippen molar-refractivity contribution in [3.05, 3.63) is 108 Å². The number of rotatable bonds is 10. The van der Waals surface area contributed by atoms with Crippen LogP contribution in [0.4, 0.5) is 11.6 Å². The molecule has 82 heavy (non-hydrogen) atoms. The van der Waals surface area contributed by atoms with E-state index in [1.807, 2.05) is 0 Å². The lowest BCUT2D eigenvalue weighted by Crippen LogP contribution is -2.41. The molecule has 0 radical (unpaired) electrons. The number of sulfonamides is 2. The Bertz CT molecular complexity index is 3320. The first-order valence-electron chi connectivity index (χ1n) is 28.6. The zero-order valence-electron chi connectivity index (χ0n) is 47.6. The van der Waals surface area contributed by atoms with Crippen LogP contribution in [0.25, 0.3) is 11.6 Å². The highest BCUT2D eigenvalue weighted by atomic mass is 32.2. The smallest absolute Gasteiger partial charge is 0.268 e. The third-order valence-electron chi connectivity index (χ3n) is 17.1. The Kier molecular flexibility index (Phi) is 15.3. The van der Waals surface area contributed by atoms with Gasteiger partial charge in [-0.25, -0.2) is 45.6 Å². The fraction of sp³-hybridized carbons (Fsp3) is 0.500. The maximum absolute atomic E-state index is 13.5. The largest absolute Gasteiger partial charge is 0.494 e. The molecule has 2 N–H and O–H groups in total. The Balaban J connectivity index is 0.000000172. The van der Waals surface area contributed by atoms with Gasteiger partial charge >= 0.3 is 0 Å². The summed E-state index contributed by atoms with van der Waals surface area (Å²) in [5, 5.41) is 9.12. The molecule has 2 aliphatic carbocycles. The minimum atomic E-state index is -4.11. The van der Waals surface area contributed by atoms with Gasteiger partial charge in [0, 0.05) is 48.7 Å². The quantitative estimate of drug-likeness (QED) is 0.130. The third-order valence-corrected chi connectivity index (χ3v) is 19.8. The van der Waals surface area contributed by atoms with Crippen LogP contribution in [-0.4, -0.2) is 109 Å². The molecule has 2 saturated heterocycles. The van der Waals surface area contributed by atoms with Crippen molar-refractivity contribution in [3.8, 4) is 34.9 Å². The van der Waals surface area contributed by atoms with Crippen LogP contribution >= 0.6 is 0 Å². The number of fused-ring (bicyclic) bond motifs is 14. The Morgan fingerprint density at radius 2 is 0.939 bits per heavy atom. The van der Waals surface area contributed by atoms with E-state index in [-0.39, 0.29) is 32.0 Å². The summed E-state index contributed by atoms with van der Waals surface area (Å²) in [6, 6.07) is 22.4. The number of carbonyl (C=O) groups is 2. The zero-order valence-corrected chi connectivity index (χ0v) is 49.2. The van der Waals surface area contributed by atoms with Crippen LogP contribution in [0.5, 0.6) is 23.3 Å². The average Bonchev–Trinajstić information content (AvgIpc) is 4.15. The SMILES string of the molecule is CC1(CCOc2ccn(-c3ccc4c(n3)N3CC(CCCOc5ccc(cc5)S(=O)(=O)NC4=O)CC3(C)C)n2)CC1.CC1(CCOc2ccn(-c3ccc4c(n3)N3CC(CCCOc5ccc(cc5)S(=O)(=O)NC4=O)CC3(C)C)n2)CC1. The number of hydrogen-bond acceptors (Lipinski definition) is 16. The van der Waals surface area contributed by atoms with Crippen LogP contribution in [-0.2, 0) is 20.0 Å². The molecule has 2 amide bonds. The van der Waals surface area contributed by atoms with Gasteiger partial charge in [-0.15, -0.1) is 10.2 Å². The first-order chi connectivity index (χ1) is 39.0. The molecule has 4 aromatic heterocycles. The average molecular weight is 1160 g/mol. The normalized spacial score (nSPS) is 22.5. The molecule has 20 nitrogen and oxygen atoms in total. The van der Waals surface area contributed by atoms with Crippen molar-refractivity contribution in [3.63, 3.8) is 0 Å². The second-order valence-corrected chi connectivity index (χ2v) is 28.2. The van der Waals surface area contributed by atoms with Gasteiger partial charge < -0.3 is 28.7 Å². The molecule has 6 aromatic rings. The number of ether oxygens (including phenoxy) is 4. The summed E-state index contributed by atoms with van der Waals surface area (Å²) in [6.07, 6.45) is 16.0. The maximum Gasteiger partial charge on any atom is 0.268 e. The van der Waals surface area contributed by atoms with Crippen molar-refractivity contribution < 1.29 is 45.4 Å².